The van der Waals surface area contributed by atoms with E-state index in [4.69, 9.17) is 0 Å². The third kappa shape index (κ3) is 3.22. The Bertz CT molecular complexity index is 354. The minimum atomic E-state index is -0.935. The number of hydrogen-bond donors (Lipinski definition) is 2. The average molecular weight is 251 g/mol. The molecule has 0 aromatic heterocycles. The van der Waals surface area contributed by atoms with Crippen molar-refractivity contribution in [2.75, 3.05) is 6.54 Å². The van der Waals surface area contributed by atoms with Gasteiger partial charge in [-0.25, -0.2) is 0 Å². The van der Waals surface area contributed by atoms with Gasteiger partial charge < -0.3 is 10.6 Å². The lowest BCUT2D eigenvalue weighted by Gasteiger charge is -2.26. The topological polar surface area (TPSA) is 82.0 Å². The molecule has 18 heavy (non-hydrogen) atoms. The fraction of sp³-hybridized carbons (Fsp3) is 0.769. The minimum Gasteiger partial charge on any atom is -0.354 e. The summed E-state index contributed by atoms with van der Waals surface area (Å²) in [6.07, 6.45) is 3.03. The Morgan fingerprint density at radius 1 is 1.50 bits per heavy atom. The Labute approximate surface area is 108 Å². The highest BCUT2D eigenvalue weighted by Crippen LogP contribution is 2.29. The summed E-state index contributed by atoms with van der Waals surface area (Å²) in [5, 5.41) is 14.8. The van der Waals surface area contributed by atoms with Crippen LogP contribution in [0.2, 0.25) is 0 Å². The zero-order valence-electron chi connectivity index (χ0n) is 11.1. The van der Waals surface area contributed by atoms with Gasteiger partial charge in [-0.15, -0.1) is 0 Å². The van der Waals surface area contributed by atoms with Crippen molar-refractivity contribution in [1.82, 2.24) is 10.6 Å². The summed E-state index contributed by atoms with van der Waals surface area (Å²) in [7, 11) is 0. The Hall–Kier alpha value is -1.57. The van der Waals surface area contributed by atoms with E-state index < -0.39 is 5.41 Å². The molecule has 1 aliphatic rings. The second-order valence-corrected chi connectivity index (χ2v) is 4.87. The molecule has 0 aromatic carbocycles. The van der Waals surface area contributed by atoms with E-state index in [1.165, 1.54) is 0 Å². The molecule has 1 fully saturated rings. The predicted molar refractivity (Wildman–Crippen MR) is 67.4 cm³/mol. The lowest BCUT2D eigenvalue weighted by atomic mass is 9.79. The van der Waals surface area contributed by atoms with E-state index in [1.807, 2.05) is 13.8 Å². The van der Waals surface area contributed by atoms with Crippen molar-refractivity contribution in [3.63, 3.8) is 0 Å². The third-order valence-electron chi connectivity index (χ3n) is 3.31. The van der Waals surface area contributed by atoms with Crippen LogP contribution in [0, 0.1) is 16.7 Å². The number of hydrogen-bond acceptors (Lipinski definition) is 3. The van der Waals surface area contributed by atoms with Crippen LogP contribution in [0.5, 0.6) is 0 Å². The van der Waals surface area contributed by atoms with Gasteiger partial charge in [-0.1, -0.05) is 26.7 Å². The van der Waals surface area contributed by atoms with Crippen LogP contribution in [0.4, 0.5) is 0 Å². The van der Waals surface area contributed by atoms with Crippen LogP contribution in [0.15, 0.2) is 0 Å². The van der Waals surface area contributed by atoms with E-state index >= 15 is 0 Å². The first-order valence-corrected chi connectivity index (χ1v) is 6.57. The van der Waals surface area contributed by atoms with E-state index in [1.54, 1.807) is 0 Å². The first-order valence-electron chi connectivity index (χ1n) is 6.57. The van der Waals surface area contributed by atoms with Crippen molar-refractivity contribution in [2.24, 2.45) is 5.41 Å². The van der Waals surface area contributed by atoms with Crippen molar-refractivity contribution in [1.29, 1.82) is 5.26 Å². The van der Waals surface area contributed by atoms with Gasteiger partial charge in [0, 0.05) is 13.0 Å². The molecule has 5 heteroatoms. The quantitative estimate of drug-likeness (QED) is 0.741. The number of nitrogens with one attached hydrogen (secondary N) is 2. The molecule has 5 nitrogen and oxygen atoms in total. The SMILES string of the molecule is CCCC(C#N)(CCC)C(=O)NC1CNC(=O)C1. The summed E-state index contributed by atoms with van der Waals surface area (Å²) < 4.78 is 0. The molecule has 0 aromatic rings. The van der Waals surface area contributed by atoms with Crippen LogP contribution in [-0.4, -0.2) is 24.4 Å². The molecule has 2 N–H and O–H groups in total. The van der Waals surface area contributed by atoms with E-state index in [0.29, 0.717) is 25.8 Å². The first kappa shape index (κ1) is 14.5. The van der Waals surface area contributed by atoms with E-state index in [2.05, 4.69) is 16.7 Å². The molecule has 1 rings (SSSR count). The maximum atomic E-state index is 12.3. The number of carbonyl (C=O) groups excluding carboxylic acids is 2. The lowest BCUT2D eigenvalue weighted by Crippen LogP contribution is -2.45. The standard InChI is InChI=1S/C13H21N3O2/c1-3-5-13(9-14,6-4-2)12(18)16-10-7-11(17)15-8-10/h10H,3-8H2,1-2H3,(H,15,17)(H,16,18). The fourth-order valence-corrected chi connectivity index (χ4v) is 2.40. The van der Waals surface area contributed by atoms with Crippen molar-refractivity contribution < 1.29 is 9.59 Å². The molecule has 2 amide bonds. The molecule has 0 saturated carbocycles. The fourth-order valence-electron chi connectivity index (χ4n) is 2.40. The van der Waals surface area contributed by atoms with Crippen LogP contribution in [-0.2, 0) is 9.59 Å². The van der Waals surface area contributed by atoms with Gasteiger partial charge in [-0.3, -0.25) is 9.59 Å². The number of nitrogens with zero attached hydrogens (tertiary/aromatic N) is 1. The summed E-state index contributed by atoms with van der Waals surface area (Å²) in [6.45, 7) is 4.40. The molecular formula is C13H21N3O2. The molecule has 0 radical (unpaired) electrons. The van der Waals surface area contributed by atoms with Crippen LogP contribution >= 0.6 is 0 Å². The van der Waals surface area contributed by atoms with Crippen molar-refractivity contribution in [2.45, 2.75) is 52.0 Å². The number of carbonyl (C=O) groups is 2. The maximum absolute atomic E-state index is 12.3. The van der Waals surface area contributed by atoms with Gasteiger partial charge in [-0.05, 0) is 12.8 Å². The second kappa shape index (κ2) is 6.39. The largest absolute Gasteiger partial charge is 0.354 e. The summed E-state index contributed by atoms with van der Waals surface area (Å²) in [5.74, 6) is -0.274. The molecule has 0 spiro atoms. The van der Waals surface area contributed by atoms with Crippen molar-refractivity contribution in [3.8, 4) is 6.07 Å². The van der Waals surface area contributed by atoms with Gasteiger partial charge >= 0.3 is 0 Å². The molecule has 0 aliphatic carbocycles. The monoisotopic (exact) mass is 251 g/mol. The average Bonchev–Trinajstić information content (AvgIpc) is 2.74. The van der Waals surface area contributed by atoms with Gasteiger partial charge in [0.2, 0.25) is 11.8 Å². The Morgan fingerprint density at radius 2 is 2.11 bits per heavy atom. The summed E-state index contributed by atoms with van der Waals surface area (Å²) in [6, 6.07) is 2.01. The Morgan fingerprint density at radius 3 is 2.50 bits per heavy atom. The van der Waals surface area contributed by atoms with Gasteiger partial charge in [0.15, 0.2) is 0 Å². The molecule has 1 aliphatic heterocycles. The molecule has 100 valence electrons. The normalized spacial score (nSPS) is 19.2. The van der Waals surface area contributed by atoms with Crippen LogP contribution < -0.4 is 10.6 Å². The van der Waals surface area contributed by atoms with E-state index in [9.17, 15) is 14.9 Å². The Balaban J connectivity index is 2.70. The van der Waals surface area contributed by atoms with E-state index in [0.717, 1.165) is 12.8 Å². The number of rotatable bonds is 6. The highest BCUT2D eigenvalue weighted by Gasteiger charge is 2.38. The van der Waals surface area contributed by atoms with Crippen LogP contribution in [0.1, 0.15) is 46.0 Å². The zero-order valence-corrected chi connectivity index (χ0v) is 11.1. The number of nitriles is 1. The molecular weight excluding hydrogens is 230 g/mol. The molecule has 1 unspecified atom stereocenters. The maximum Gasteiger partial charge on any atom is 0.240 e. The predicted octanol–water partition coefficient (Wildman–Crippen LogP) is 1.10. The highest BCUT2D eigenvalue weighted by atomic mass is 16.2. The second-order valence-electron chi connectivity index (χ2n) is 4.87. The molecule has 1 saturated heterocycles. The third-order valence-corrected chi connectivity index (χ3v) is 3.31. The smallest absolute Gasteiger partial charge is 0.240 e. The van der Waals surface area contributed by atoms with E-state index in [-0.39, 0.29) is 17.9 Å². The molecule has 1 atom stereocenters. The van der Waals surface area contributed by atoms with Crippen LogP contribution in [0.3, 0.4) is 0 Å². The van der Waals surface area contributed by atoms with Gasteiger partial charge in [0.25, 0.3) is 0 Å². The van der Waals surface area contributed by atoms with Gasteiger partial charge in [-0.2, -0.15) is 5.26 Å². The number of amides is 2. The van der Waals surface area contributed by atoms with Crippen molar-refractivity contribution in [3.05, 3.63) is 0 Å². The Kier molecular flexibility index (Phi) is 5.14. The van der Waals surface area contributed by atoms with Crippen molar-refractivity contribution >= 4 is 11.8 Å². The first-order chi connectivity index (χ1) is 8.57. The summed E-state index contributed by atoms with van der Waals surface area (Å²) in [5.41, 5.74) is -0.935. The highest BCUT2D eigenvalue weighted by molar-refractivity contribution is 5.87. The molecule has 1 heterocycles. The lowest BCUT2D eigenvalue weighted by molar-refractivity contribution is -0.129. The minimum absolute atomic E-state index is 0.0474. The van der Waals surface area contributed by atoms with Crippen LogP contribution in [0.25, 0.3) is 0 Å². The zero-order chi connectivity index (χ0) is 13.6. The summed E-state index contributed by atoms with van der Waals surface area (Å²) >= 11 is 0. The summed E-state index contributed by atoms with van der Waals surface area (Å²) in [4.78, 5) is 23.3. The van der Waals surface area contributed by atoms with Gasteiger partial charge in [0.05, 0.1) is 12.1 Å². The molecule has 0 bridgehead atoms. The van der Waals surface area contributed by atoms with Gasteiger partial charge in [0.1, 0.15) is 5.41 Å².